The summed E-state index contributed by atoms with van der Waals surface area (Å²) in [6, 6.07) is 18.8. The second kappa shape index (κ2) is 7.20. The topological polar surface area (TPSA) is 77.2 Å². The van der Waals surface area contributed by atoms with Gasteiger partial charge in [-0.2, -0.15) is 0 Å². The molecule has 0 unspecified atom stereocenters. The van der Waals surface area contributed by atoms with E-state index in [0.29, 0.717) is 17.2 Å². The van der Waals surface area contributed by atoms with Gasteiger partial charge in [-0.25, -0.2) is 0 Å². The molecule has 0 atom stereocenters. The molecule has 4 rings (SSSR count). The van der Waals surface area contributed by atoms with E-state index in [1.807, 2.05) is 54.6 Å². The van der Waals surface area contributed by atoms with Gasteiger partial charge in [-0.15, -0.1) is 5.10 Å². The molecule has 4 aromatic rings. The number of nitrogens with one attached hydrogen (secondary N) is 1. The molecular formula is C20H14BrN3O3. The van der Waals surface area contributed by atoms with E-state index in [2.05, 4.69) is 31.4 Å². The number of hydrogen-bond donors (Lipinski definition) is 1. The highest BCUT2D eigenvalue weighted by Gasteiger charge is 2.17. The van der Waals surface area contributed by atoms with Gasteiger partial charge in [0.05, 0.1) is 12.7 Å². The Morgan fingerprint density at radius 3 is 2.56 bits per heavy atom. The fourth-order valence-corrected chi connectivity index (χ4v) is 3.14. The van der Waals surface area contributed by atoms with Gasteiger partial charge in [0.1, 0.15) is 5.75 Å². The number of rotatable bonds is 4. The summed E-state index contributed by atoms with van der Waals surface area (Å²) in [4.78, 5) is 12.7. The first-order valence-electron chi connectivity index (χ1n) is 8.11. The molecule has 1 amide bonds. The lowest BCUT2D eigenvalue weighted by Gasteiger charge is -2.09. The van der Waals surface area contributed by atoms with E-state index in [0.717, 1.165) is 20.8 Å². The quantitative estimate of drug-likeness (QED) is 0.504. The van der Waals surface area contributed by atoms with E-state index in [1.165, 1.54) is 7.11 Å². The summed E-state index contributed by atoms with van der Waals surface area (Å²) in [5, 5.41) is 12.4. The normalized spacial score (nSPS) is 10.7. The number of methoxy groups -OCH3 is 1. The Hall–Kier alpha value is -3.19. The Kier molecular flexibility index (Phi) is 4.60. The molecule has 27 heavy (non-hydrogen) atoms. The first-order chi connectivity index (χ1) is 13.1. The average molecular weight is 424 g/mol. The lowest BCUT2D eigenvalue weighted by atomic mass is 10.1. The van der Waals surface area contributed by atoms with E-state index in [1.54, 1.807) is 6.07 Å². The van der Waals surface area contributed by atoms with Crippen LogP contribution in [0.5, 0.6) is 5.75 Å². The Morgan fingerprint density at radius 2 is 1.81 bits per heavy atom. The van der Waals surface area contributed by atoms with Crippen LogP contribution in [0.25, 0.3) is 22.2 Å². The van der Waals surface area contributed by atoms with Gasteiger partial charge in [0, 0.05) is 10.0 Å². The van der Waals surface area contributed by atoms with Crippen LogP contribution in [0, 0.1) is 0 Å². The highest BCUT2D eigenvalue weighted by molar-refractivity contribution is 9.10. The highest BCUT2D eigenvalue weighted by atomic mass is 79.9. The number of anilines is 1. The molecule has 6 nitrogen and oxygen atoms in total. The first-order valence-corrected chi connectivity index (χ1v) is 8.91. The summed E-state index contributed by atoms with van der Waals surface area (Å²) in [6.07, 6.45) is 0. The maximum atomic E-state index is 12.7. The van der Waals surface area contributed by atoms with Crippen molar-refractivity contribution in [3.63, 3.8) is 0 Å². The second-order valence-corrected chi connectivity index (χ2v) is 6.69. The summed E-state index contributed by atoms with van der Waals surface area (Å²) in [6.45, 7) is 0. The monoisotopic (exact) mass is 423 g/mol. The lowest BCUT2D eigenvalue weighted by molar-refractivity contribution is 0.102. The smallest absolute Gasteiger partial charge is 0.322 e. The third-order valence-corrected chi connectivity index (χ3v) is 4.52. The number of aromatic nitrogens is 2. The van der Waals surface area contributed by atoms with E-state index in [9.17, 15) is 4.79 Å². The maximum absolute atomic E-state index is 12.7. The van der Waals surface area contributed by atoms with Crippen molar-refractivity contribution in [3.8, 4) is 17.2 Å². The minimum atomic E-state index is -0.387. The molecule has 1 heterocycles. The van der Waals surface area contributed by atoms with Crippen molar-refractivity contribution in [2.24, 2.45) is 0 Å². The largest absolute Gasteiger partial charge is 0.496 e. The number of ether oxygens (including phenoxy) is 1. The molecular weight excluding hydrogens is 410 g/mol. The van der Waals surface area contributed by atoms with Crippen molar-refractivity contribution >= 4 is 38.6 Å². The molecule has 0 aliphatic carbocycles. The molecule has 0 aliphatic rings. The van der Waals surface area contributed by atoms with E-state index >= 15 is 0 Å². The van der Waals surface area contributed by atoms with Crippen LogP contribution in [-0.4, -0.2) is 23.2 Å². The number of carbonyl (C=O) groups excluding carboxylic acids is 1. The molecule has 0 radical (unpaired) electrons. The third kappa shape index (κ3) is 3.54. The highest BCUT2D eigenvalue weighted by Crippen LogP contribution is 2.27. The van der Waals surface area contributed by atoms with Crippen molar-refractivity contribution in [1.82, 2.24) is 10.2 Å². The standard InChI is InChI=1S/C20H14BrN3O3/c1-26-17-11-13-6-3-2-5-12(13)10-16(17)18(25)22-20-24-23-19(27-20)14-7-4-8-15(21)9-14/h2-11H,1H3,(H,22,24,25). The fourth-order valence-electron chi connectivity index (χ4n) is 2.74. The molecule has 134 valence electrons. The maximum Gasteiger partial charge on any atom is 0.322 e. The Bertz CT molecular complexity index is 1140. The number of hydrogen-bond acceptors (Lipinski definition) is 5. The van der Waals surface area contributed by atoms with Crippen LogP contribution >= 0.6 is 15.9 Å². The van der Waals surface area contributed by atoms with Gasteiger partial charge < -0.3 is 9.15 Å². The minimum absolute atomic E-state index is 0.0187. The van der Waals surface area contributed by atoms with Crippen LogP contribution in [0.15, 0.2) is 69.6 Å². The fraction of sp³-hybridized carbons (Fsp3) is 0.0500. The Balaban J connectivity index is 1.62. The molecule has 0 bridgehead atoms. The number of fused-ring (bicyclic) bond motifs is 1. The van der Waals surface area contributed by atoms with Gasteiger partial charge in [-0.1, -0.05) is 51.4 Å². The van der Waals surface area contributed by atoms with Gasteiger partial charge >= 0.3 is 6.01 Å². The second-order valence-electron chi connectivity index (χ2n) is 5.78. The predicted octanol–water partition coefficient (Wildman–Crippen LogP) is 4.91. The van der Waals surface area contributed by atoms with Gasteiger partial charge in [-0.3, -0.25) is 10.1 Å². The van der Waals surface area contributed by atoms with Crippen molar-refractivity contribution < 1.29 is 13.9 Å². The summed E-state index contributed by atoms with van der Waals surface area (Å²) in [7, 11) is 1.53. The minimum Gasteiger partial charge on any atom is -0.496 e. The van der Waals surface area contributed by atoms with E-state index in [4.69, 9.17) is 9.15 Å². The number of nitrogens with zero attached hydrogens (tertiary/aromatic N) is 2. The molecule has 0 fully saturated rings. The summed E-state index contributed by atoms with van der Waals surface area (Å²) >= 11 is 3.40. The zero-order chi connectivity index (χ0) is 18.8. The third-order valence-electron chi connectivity index (χ3n) is 4.03. The number of carbonyl (C=O) groups is 1. The van der Waals surface area contributed by atoms with Crippen LogP contribution in [0.2, 0.25) is 0 Å². The van der Waals surface area contributed by atoms with Gasteiger partial charge in [0.15, 0.2) is 0 Å². The number of amides is 1. The van der Waals surface area contributed by atoms with Crippen LogP contribution in [0.3, 0.4) is 0 Å². The summed E-state index contributed by atoms with van der Waals surface area (Å²) in [5.41, 5.74) is 1.14. The molecule has 0 aliphatic heterocycles. The molecule has 0 saturated carbocycles. The lowest BCUT2D eigenvalue weighted by Crippen LogP contribution is -2.13. The van der Waals surface area contributed by atoms with Crippen molar-refractivity contribution in [2.45, 2.75) is 0 Å². The molecule has 1 N–H and O–H groups in total. The van der Waals surface area contributed by atoms with Crippen LogP contribution in [-0.2, 0) is 0 Å². The average Bonchev–Trinajstić information content (AvgIpc) is 3.15. The molecule has 1 aromatic heterocycles. The van der Waals surface area contributed by atoms with Gasteiger partial charge in [-0.05, 0) is 41.1 Å². The summed E-state index contributed by atoms with van der Waals surface area (Å²) in [5.74, 6) is 0.400. The van der Waals surface area contributed by atoms with Crippen LogP contribution < -0.4 is 10.1 Å². The zero-order valence-corrected chi connectivity index (χ0v) is 15.9. The molecule has 3 aromatic carbocycles. The molecule has 7 heteroatoms. The number of halogens is 1. The van der Waals surface area contributed by atoms with E-state index in [-0.39, 0.29) is 11.9 Å². The number of benzene rings is 3. The SMILES string of the molecule is COc1cc2ccccc2cc1C(=O)Nc1nnc(-c2cccc(Br)c2)o1. The van der Waals surface area contributed by atoms with Crippen molar-refractivity contribution in [2.75, 3.05) is 12.4 Å². The Labute approximate surface area is 163 Å². The zero-order valence-electron chi connectivity index (χ0n) is 14.3. The Morgan fingerprint density at radius 1 is 1.04 bits per heavy atom. The van der Waals surface area contributed by atoms with Gasteiger partial charge in [0.2, 0.25) is 5.89 Å². The predicted molar refractivity (Wildman–Crippen MR) is 106 cm³/mol. The van der Waals surface area contributed by atoms with Crippen LogP contribution in [0.1, 0.15) is 10.4 Å². The van der Waals surface area contributed by atoms with Crippen LogP contribution in [0.4, 0.5) is 6.01 Å². The van der Waals surface area contributed by atoms with E-state index < -0.39 is 0 Å². The van der Waals surface area contributed by atoms with Gasteiger partial charge in [0.25, 0.3) is 5.91 Å². The van der Waals surface area contributed by atoms with Crippen molar-refractivity contribution in [1.29, 1.82) is 0 Å². The summed E-state index contributed by atoms with van der Waals surface area (Å²) < 4.78 is 11.8. The molecule has 0 saturated heterocycles. The molecule has 0 spiro atoms. The van der Waals surface area contributed by atoms with Crippen molar-refractivity contribution in [3.05, 3.63) is 70.7 Å². The first kappa shape index (κ1) is 17.2.